The summed E-state index contributed by atoms with van der Waals surface area (Å²) in [6.07, 6.45) is 3.48. The third-order valence-corrected chi connectivity index (χ3v) is 7.91. The van der Waals surface area contributed by atoms with Gasteiger partial charge in [0.15, 0.2) is 0 Å². The summed E-state index contributed by atoms with van der Waals surface area (Å²) in [7, 11) is 3.57. The zero-order valence-corrected chi connectivity index (χ0v) is 23.4. The highest BCUT2D eigenvalue weighted by atomic mass is 16.5. The van der Waals surface area contributed by atoms with Crippen LogP contribution in [0.3, 0.4) is 0 Å². The van der Waals surface area contributed by atoms with Gasteiger partial charge in [-0.2, -0.15) is 0 Å². The van der Waals surface area contributed by atoms with Crippen LogP contribution >= 0.6 is 0 Å². The maximum atomic E-state index is 13.6. The highest BCUT2D eigenvalue weighted by molar-refractivity contribution is 5.95. The van der Waals surface area contributed by atoms with Gasteiger partial charge in [0.25, 0.3) is 5.91 Å². The average Bonchev–Trinajstić information content (AvgIpc) is 3.32. The molecule has 0 bridgehead atoms. The Labute approximate surface area is 222 Å². The largest absolute Gasteiger partial charge is 0.493 e. The third-order valence-electron chi connectivity index (χ3n) is 7.91. The van der Waals surface area contributed by atoms with Crippen molar-refractivity contribution in [2.45, 2.75) is 65.0 Å². The van der Waals surface area contributed by atoms with Crippen LogP contribution in [-0.4, -0.2) is 92.4 Å². The number of ether oxygens (including phenoxy) is 2. The van der Waals surface area contributed by atoms with Crippen molar-refractivity contribution < 1.29 is 24.2 Å². The smallest absolute Gasteiger partial charge is 0.254 e. The minimum absolute atomic E-state index is 0.00702. The number of benzene rings is 1. The standard InChI is InChI=1S/C29H47N3O5/c1-20(2)32(29(35)23-8-7-21(3)27(15-23)37-14-6-13-36-5)19-25-17-30-16-24(25)18-31(4)28(34)22-9-11-26(33)12-10-22/h7-8,15,20,22,24-26,30,33H,6,9-14,16-19H2,1-5H3/t22?,24-,25-,26?/m0/s1. The zero-order valence-electron chi connectivity index (χ0n) is 23.4. The molecule has 2 amide bonds. The Kier molecular flexibility index (Phi) is 11.2. The van der Waals surface area contributed by atoms with Crippen LogP contribution in [0, 0.1) is 24.7 Å². The SMILES string of the molecule is COCCCOc1cc(C(=O)N(C[C@@H]2CNC[C@H]2CN(C)C(=O)C2CCC(O)CC2)C(C)C)ccc1C. The first-order chi connectivity index (χ1) is 17.7. The normalized spacial score (nSPS) is 23.8. The second kappa shape index (κ2) is 14.1. The molecule has 1 aromatic rings. The average molecular weight is 518 g/mol. The number of amides is 2. The van der Waals surface area contributed by atoms with Gasteiger partial charge in [0.2, 0.25) is 5.91 Å². The number of aliphatic hydroxyl groups is 1. The predicted octanol–water partition coefficient (Wildman–Crippen LogP) is 3.11. The van der Waals surface area contributed by atoms with E-state index >= 15 is 0 Å². The van der Waals surface area contributed by atoms with Gasteiger partial charge in [-0.05, 0) is 76.0 Å². The second-order valence-corrected chi connectivity index (χ2v) is 11.1. The summed E-state index contributed by atoms with van der Waals surface area (Å²) < 4.78 is 11.0. The molecule has 1 saturated heterocycles. The lowest BCUT2D eigenvalue weighted by atomic mass is 9.86. The van der Waals surface area contributed by atoms with E-state index in [2.05, 4.69) is 19.2 Å². The quantitative estimate of drug-likeness (QED) is 0.414. The van der Waals surface area contributed by atoms with Crippen LogP contribution in [0.1, 0.15) is 61.9 Å². The van der Waals surface area contributed by atoms with Crippen molar-refractivity contribution in [1.29, 1.82) is 0 Å². The number of aliphatic hydroxyl groups excluding tert-OH is 1. The molecule has 2 N–H and O–H groups in total. The number of hydrogen-bond acceptors (Lipinski definition) is 6. The van der Waals surface area contributed by atoms with E-state index in [0.717, 1.165) is 43.7 Å². The first kappa shape index (κ1) is 29.4. The lowest BCUT2D eigenvalue weighted by Gasteiger charge is -2.34. The van der Waals surface area contributed by atoms with E-state index in [4.69, 9.17) is 9.47 Å². The Morgan fingerprint density at radius 2 is 1.76 bits per heavy atom. The summed E-state index contributed by atoms with van der Waals surface area (Å²) in [5, 5.41) is 13.3. The monoisotopic (exact) mass is 517 g/mol. The summed E-state index contributed by atoms with van der Waals surface area (Å²) >= 11 is 0. The van der Waals surface area contributed by atoms with Crippen LogP contribution in [-0.2, 0) is 9.53 Å². The zero-order chi connectivity index (χ0) is 26.9. The molecule has 2 atom stereocenters. The molecule has 37 heavy (non-hydrogen) atoms. The molecule has 0 radical (unpaired) electrons. The predicted molar refractivity (Wildman–Crippen MR) is 145 cm³/mol. The van der Waals surface area contributed by atoms with Gasteiger partial charge >= 0.3 is 0 Å². The Bertz CT molecular complexity index is 884. The number of hydrogen-bond donors (Lipinski definition) is 2. The van der Waals surface area contributed by atoms with Crippen molar-refractivity contribution in [3.63, 3.8) is 0 Å². The summed E-state index contributed by atoms with van der Waals surface area (Å²) in [6, 6.07) is 5.74. The molecule has 1 aliphatic carbocycles. The topological polar surface area (TPSA) is 91.3 Å². The Morgan fingerprint density at radius 3 is 2.41 bits per heavy atom. The number of carbonyl (C=O) groups is 2. The van der Waals surface area contributed by atoms with Gasteiger partial charge < -0.3 is 29.7 Å². The van der Waals surface area contributed by atoms with Gasteiger partial charge in [0.05, 0.1) is 12.7 Å². The molecule has 0 spiro atoms. The fourth-order valence-corrected chi connectivity index (χ4v) is 5.51. The molecule has 0 aromatic heterocycles. The maximum absolute atomic E-state index is 13.6. The molecule has 8 heteroatoms. The van der Waals surface area contributed by atoms with E-state index in [1.165, 1.54) is 0 Å². The number of methoxy groups -OCH3 is 1. The number of rotatable bonds is 12. The molecule has 2 fully saturated rings. The van der Waals surface area contributed by atoms with E-state index in [-0.39, 0.29) is 41.7 Å². The third kappa shape index (κ3) is 8.16. The van der Waals surface area contributed by atoms with Crippen molar-refractivity contribution in [2.75, 3.05) is 53.6 Å². The van der Waals surface area contributed by atoms with Crippen molar-refractivity contribution >= 4 is 11.8 Å². The van der Waals surface area contributed by atoms with Crippen LogP contribution in [0.4, 0.5) is 0 Å². The van der Waals surface area contributed by atoms with E-state index < -0.39 is 0 Å². The van der Waals surface area contributed by atoms with Gasteiger partial charge in [-0.1, -0.05) is 6.07 Å². The lowest BCUT2D eigenvalue weighted by molar-refractivity contribution is -0.136. The summed E-state index contributed by atoms with van der Waals surface area (Å²) in [5.74, 6) is 1.50. The van der Waals surface area contributed by atoms with Crippen molar-refractivity contribution in [1.82, 2.24) is 15.1 Å². The van der Waals surface area contributed by atoms with Crippen LogP contribution < -0.4 is 10.1 Å². The Morgan fingerprint density at radius 1 is 1.08 bits per heavy atom. The van der Waals surface area contributed by atoms with Crippen LogP contribution in [0.5, 0.6) is 5.75 Å². The minimum Gasteiger partial charge on any atom is -0.493 e. The van der Waals surface area contributed by atoms with Gasteiger partial charge in [0, 0.05) is 70.9 Å². The lowest BCUT2D eigenvalue weighted by Crippen LogP contribution is -2.44. The van der Waals surface area contributed by atoms with Crippen LogP contribution in [0.25, 0.3) is 0 Å². The first-order valence-corrected chi connectivity index (χ1v) is 13.9. The molecule has 2 aliphatic rings. The molecule has 3 rings (SSSR count). The van der Waals surface area contributed by atoms with E-state index in [1.54, 1.807) is 7.11 Å². The number of carbonyl (C=O) groups excluding carboxylic acids is 2. The number of nitrogens with zero attached hydrogens (tertiary/aromatic N) is 2. The van der Waals surface area contributed by atoms with Gasteiger partial charge in [-0.25, -0.2) is 0 Å². The molecule has 1 heterocycles. The minimum atomic E-state index is -0.260. The summed E-state index contributed by atoms with van der Waals surface area (Å²) in [5.41, 5.74) is 1.64. The van der Waals surface area contributed by atoms with Crippen molar-refractivity contribution in [2.24, 2.45) is 17.8 Å². The Balaban J connectivity index is 1.62. The summed E-state index contributed by atoms with van der Waals surface area (Å²) in [4.78, 5) is 30.5. The number of aryl methyl sites for hydroxylation is 1. The fourth-order valence-electron chi connectivity index (χ4n) is 5.51. The number of nitrogens with one attached hydrogen (secondary N) is 1. The van der Waals surface area contributed by atoms with E-state index in [1.807, 2.05) is 42.0 Å². The highest BCUT2D eigenvalue weighted by Gasteiger charge is 2.34. The molecular formula is C29H47N3O5. The molecule has 1 aromatic carbocycles. The van der Waals surface area contributed by atoms with Gasteiger partial charge in [0.1, 0.15) is 5.75 Å². The Hall–Kier alpha value is -2.16. The summed E-state index contributed by atoms with van der Waals surface area (Å²) in [6.45, 7) is 10.3. The van der Waals surface area contributed by atoms with Gasteiger partial charge in [-0.3, -0.25) is 9.59 Å². The molecule has 1 saturated carbocycles. The molecule has 208 valence electrons. The van der Waals surface area contributed by atoms with Crippen LogP contribution in [0.2, 0.25) is 0 Å². The molecular weight excluding hydrogens is 470 g/mol. The molecule has 1 aliphatic heterocycles. The highest BCUT2D eigenvalue weighted by Crippen LogP contribution is 2.28. The molecule has 0 unspecified atom stereocenters. The first-order valence-electron chi connectivity index (χ1n) is 13.9. The van der Waals surface area contributed by atoms with Gasteiger partial charge in [-0.15, -0.1) is 0 Å². The van der Waals surface area contributed by atoms with Crippen LogP contribution in [0.15, 0.2) is 18.2 Å². The fraction of sp³-hybridized carbons (Fsp3) is 0.724. The molecule has 8 nitrogen and oxygen atoms in total. The van der Waals surface area contributed by atoms with Crippen molar-refractivity contribution in [3.8, 4) is 5.75 Å². The van der Waals surface area contributed by atoms with E-state index in [0.29, 0.717) is 44.7 Å². The van der Waals surface area contributed by atoms with Crippen molar-refractivity contribution in [3.05, 3.63) is 29.3 Å². The van der Waals surface area contributed by atoms with E-state index in [9.17, 15) is 14.7 Å². The second-order valence-electron chi connectivity index (χ2n) is 11.1. The maximum Gasteiger partial charge on any atom is 0.254 e.